The van der Waals surface area contributed by atoms with Gasteiger partial charge in [-0.3, -0.25) is 14.5 Å². The maximum Gasteiger partial charge on any atom is 0.335 e. The van der Waals surface area contributed by atoms with Crippen LogP contribution in [0.5, 0.6) is 11.5 Å². The van der Waals surface area contributed by atoms with Gasteiger partial charge in [-0.05, 0) is 54.3 Å². The van der Waals surface area contributed by atoms with Crippen molar-refractivity contribution in [3.05, 3.63) is 101 Å². The Morgan fingerprint density at radius 3 is 2.38 bits per heavy atom. The monoisotopic (exact) mass is 497 g/mol. The van der Waals surface area contributed by atoms with E-state index in [4.69, 9.17) is 9.47 Å². The minimum absolute atomic E-state index is 0.0307. The van der Waals surface area contributed by atoms with E-state index in [0.29, 0.717) is 46.9 Å². The lowest BCUT2D eigenvalue weighted by Gasteiger charge is -2.40. The number of rotatable bonds is 6. The molecule has 0 radical (unpaired) electrons. The van der Waals surface area contributed by atoms with Gasteiger partial charge in [-0.2, -0.15) is 0 Å². The molecule has 3 aromatic rings. The molecule has 1 aliphatic heterocycles. The second kappa shape index (κ2) is 9.93. The van der Waals surface area contributed by atoms with Crippen LogP contribution >= 0.6 is 0 Å². The summed E-state index contributed by atoms with van der Waals surface area (Å²) in [5, 5.41) is 9.54. The first-order chi connectivity index (χ1) is 17.9. The number of methoxy groups -OCH3 is 2. The average Bonchev–Trinajstić information content (AvgIpc) is 2.92. The molecule has 0 bridgehead atoms. The third-order valence-corrected chi connectivity index (χ3v) is 7.16. The molecule has 0 saturated carbocycles. The second-order valence-electron chi connectivity index (χ2n) is 9.25. The molecule has 37 heavy (non-hydrogen) atoms. The standard InChI is InChI=1S/C30H27NO6/c1-36-22-11-12-27(37-2)23(16-22)24-17-28(33)31(21-10-6-9-19(13-21)30(34)35)25-14-20(15-26(32)29(24)25)18-7-4-3-5-8-18/h3-13,16,20,24H,14-15,17H2,1-2H3,(H,34,35). The highest BCUT2D eigenvalue weighted by Gasteiger charge is 2.43. The van der Waals surface area contributed by atoms with E-state index in [2.05, 4.69) is 0 Å². The van der Waals surface area contributed by atoms with E-state index in [0.717, 1.165) is 5.56 Å². The Labute approximate surface area is 214 Å². The number of hydrogen-bond donors (Lipinski definition) is 1. The SMILES string of the molecule is COc1ccc(OC)c(C2CC(=O)N(c3cccc(C(=O)O)c3)C3=C2C(=O)CC(c2ccccc2)C3)c1. The quantitative estimate of drug-likeness (QED) is 0.495. The van der Waals surface area contributed by atoms with Crippen molar-refractivity contribution in [2.45, 2.75) is 31.1 Å². The number of Topliss-reactive ketones (excluding diaryl/α,β-unsaturated/α-hetero) is 1. The van der Waals surface area contributed by atoms with Gasteiger partial charge in [0.05, 0.1) is 19.8 Å². The molecule has 1 amide bonds. The largest absolute Gasteiger partial charge is 0.497 e. The van der Waals surface area contributed by atoms with Crippen LogP contribution in [0.15, 0.2) is 84.1 Å². The highest BCUT2D eigenvalue weighted by atomic mass is 16.5. The number of carboxylic acids is 1. The lowest BCUT2D eigenvalue weighted by molar-refractivity contribution is -0.120. The zero-order valence-electron chi connectivity index (χ0n) is 20.6. The van der Waals surface area contributed by atoms with Gasteiger partial charge in [0.1, 0.15) is 11.5 Å². The summed E-state index contributed by atoms with van der Waals surface area (Å²) in [6, 6.07) is 21.4. The lowest BCUT2D eigenvalue weighted by Crippen LogP contribution is -2.42. The fraction of sp³-hybridized carbons (Fsp3) is 0.233. The number of aromatic carboxylic acids is 1. The van der Waals surface area contributed by atoms with Gasteiger partial charge in [0, 0.05) is 41.3 Å². The van der Waals surface area contributed by atoms with Crippen LogP contribution in [0.4, 0.5) is 5.69 Å². The molecule has 1 aliphatic carbocycles. The fourth-order valence-electron chi connectivity index (χ4n) is 5.45. The number of anilines is 1. The van der Waals surface area contributed by atoms with Crippen LogP contribution in [0.25, 0.3) is 0 Å². The third kappa shape index (κ3) is 4.48. The molecular weight excluding hydrogens is 470 g/mol. The number of carbonyl (C=O) groups is 3. The Balaban J connectivity index is 1.70. The van der Waals surface area contributed by atoms with E-state index in [1.807, 2.05) is 36.4 Å². The number of amides is 1. The summed E-state index contributed by atoms with van der Waals surface area (Å²) in [6.45, 7) is 0. The smallest absolute Gasteiger partial charge is 0.335 e. The van der Waals surface area contributed by atoms with E-state index < -0.39 is 11.9 Å². The summed E-state index contributed by atoms with van der Waals surface area (Å²) in [4.78, 5) is 40.8. The molecule has 2 unspecified atom stereocenters. The Morgan fingerprint density at radius 2 is 1.68 bits per heavy atom. The molecule has 3 aromatic carbocycles. The first kappa shape index (κ1) is 24.3. The van der Waals surface area contributed by atoms with Crippen molar-refractivity contribution in [2.75, 3.05) is 19.1 Å². The molecule has 2 atom stereocenters. The second-order valence-corrected chi connectivity index (χ2v) is 9.25. The van der Waals surface area contributed by atoms with Crippen LogP contribution in [0, 0.1) is 0 Å². The number of carbonyl (C=O) groups excluding carboxylic acids is 2. The molecule has 188 valence electrons. The number of benzene rings is 3. The molecular formula is C30H27NO6. The van der Waals surface area contributed by atoms with Gasteiger partial charge in [-0.25, -0.2) is 4.79 Å². The molecule has 1 N–H and O–H groups in total. The average molecular weight is 498 g/mol. The van der Waals surface area contributed by atoms with Crippen molar-refractivity contribution in [2.24, 2.45) is 0 Å². The molecule has 7 nitrogen and oxygen atoms in total. The molecule has 0 aromatic heterocycles. The highest BCUT2D eigenvalue weighted by Crippen LogP contribution is 2.49. The van der Waals surface area contributed by atoms with Gasteiger partial charge in [0.2, 0.25) is 5.91 Å². The van der Waals surface area contributed by atoms with Crippen LogP contribution < -0.4 is 14.4 Å². The van der Waals surface area contributed by atoms with Gasteiger partial charge >= 0.3 is 5.97 Å². The van der Waals surface area contributed by atoms with E-state index in [1.54, 1.807) is 38.5 Å². The first-order valence-electron chi connectivity index (χ1n) is 12.1. The Bertz CT molecular complexity index is 1410. The van der Waals surface area contributed by atoms with Crippen molar-refractivity contribution in [3.8, 4) is 11.5 Å². The third-order valence-electron chi connectivity index (χ3n) is 7.16. The predicted octanol–water partition coefficient (Wildman–Crippen LogP) is 5.32. The van der Waals surface area contributed by atoms with Crippen LogP contribution in [0.1, 0.15) is 52.6 Å². The summed E-state index contributed by atoms with van der Waals surface area (Å²) in [5.74, 6) is -0.750. The first-order valence-corrected chi connectivity index (χ1v) is 12.1. The maximum absolute atomic E-state index is 13.8. The zero-order valence-corrected chi connectivity index (χ0v) is 20.6. The minimum Gasteiger partial charge on any atom is -0.497 e. The molecule has 0 fully saturated rings. The summed E-state index contributed by atoms with van der Waals surface area (Å²) in [6.07, 6.45) is 0.834. The number of ether oxygens (including phenoxy) is 2. The van der Waals surface area contributed by atoms with Gasteiger partial charge < -0.3 is 14.6 Å². The van der Waals surface area contributed by atoms with Crippen LogP contribution in [-0.4, -0.2) is 37.0 Å². The number of hydrogen-bond acceptors (Lipinski definition) is 5. The van der Waals surface area contributed by atoms with Crippen molar-refractivity contribution in [1.29, 1.82) is 0 Å². The number of carboxylic acid groups (broad SMARTS) is 1. The molecule has 0 saturated heterocycles. The highest BCUT2D eigenvalue weighted by molar-refractivity contribution is 6.08. The van der Waals surface area contributed by atoms with Crippen molar-refractivity contribution in [3.63, 3.8) is 0 Å². The van der Waals surface area contributed by atoms with E-state index in [-0.39, 0.29) is 29.6 Å². The van der Waals surface area contributed by atoms with Gasteiger partial charge in [-0.15, -0.1) is 0 Å². The van der Waals surface area contributed by atoms with Crippen molar-refractivity contribution in [1.82, 2.24) is 0 Å². The number of ketones is 1. The maximum atomic E-state index is 13.8. The van der Waals surface area contributed by atoms with Crippen LogP contribution in [0.2, 0.25) is 0 Å². The van der Waals surface area contributed by atoms with E-state index in [1.165, 1.54) is 17.0 Å². The van der Waals surface area contributed by atoms with Crippen molar-refractivity contribution >= 4 is 23.3 Å². The Hall–Kier alpha value is -4.39. The normalized spacial score (nSPS) is 19.5. The topological polar surface area (TPSA) is 93.1 Å². The molecule has 2 aliphatic rings. The van der Waals surface area contributed by atoms with Crippen LogP contribution in [0.3, 0.4) is 0 Å². The summed E-state index contributed by atoms with van der Waals surface area (Å²) >= 11 is 0. The fourth-order valence-corrected chi connectivity index (χ4v) is 5.45. The van der Waals surface area contributed by atoms with Crippen molar-refractivity contribution < 1.29 is 29.0 Å². The number of nitrogens with zero attached hydrogens (tertiary/aromatic N) is 1. The summed E-state index contributed by atoms with van der Waals surface area (Å²) in [5.41, 5.74) is 3.43. The predicted molar refractivity (Wildman–Crippen MR) is 138 cm³/mol. The molecule has 1 heterocycles. The Morgan fingerprint density at radius 1 is 0.892 bits per heavy atom. The Kier molecular flexibility index (Phi) is 6.53. The molecule has 0 spiro atoms. The molecule has 7 heteroatoms. The minimum atomic E-state index is -1.08. The lowest BCUT2D eigenvalue weighted by atomic mass is 9.72. The van der Waals surface area contributed by atoms with Gasteiger partial charge in [-0.1, -0.05) is 36.4 Å². The summed E-state index contributed by atoms with van der Waals surface area (Å²) < 4.78 is 11.0. The summed E-state index contributed by atoms with van der Waals surface area (Å²) in [7, 11) is 3.12. The van der Waals surface area contributed by atoms with E-state index in [9.17, 15) is 19.5 Å². The van der Waals surface area contributed by atoms with E-state index >= 15 is 0 Å². The van der Waals surface area contributed by atoms with Gasteiger partial charge in [0.25, 0.3) is 0 Å². The van der Waals surface area contributed by atoms with Crippen LogP contribution in [-0.2, 0) is 9.59 Å². The number of allylic oxidation sites excluding steroid dienone is 2. The van der Waals surface area contributed by atoms with Gasteiger partial charge in [0.15, 0.2) is 5.78 Å². The molecule has 5 rings (SSSR count). The zero-order chi connectivity index (χ0) is 26.1.